The van der Waals surface area contributed by atoms with Crippen LogP contribution in [0.2, 0.25) is 0 Å². The molecule has 0 bridgehead atoms. The molecule has 3 amide bonds. The first-order valence-electron chi connectivity index (χ1n) is 6.17. The van der Waals surface area contributed by atoms with Gasteiger partial charge in [0.05, 0.1) is 0 Å². The molecule has 1 aromatic rings. The van der Waals surface area contributed by atoms with Crippen molar-refractivity contribution in [2.24, 2.45) is 5.73 Å². The molecule has 5 nitrogen and oxygen atoms in total. The molecule has 0 aromatic heterocycles. The van der Waals surface area contributed by atoms with Gasteiger partial charge in [-0.25, -0.2) is 4.79 Å². The summed E-state index contributed by atoms with van der Waals surface area (Å²) in [7, 11) is 0. The first-order chi connectivity index (χ1) is 9.64. The Bertz CT molecular complexity index is 544. The fourth-order valence-electron chi connectivity index (χ4n) is 1.70. The van der Waals surface area contributed by atoms with Crippen LogP contribution in [0.3, 0.4) is 0 Å². The summed E-state index contributed by atoms with van der Waals surface area (Å²) >= 11 is 0. The van der Waals surface area contributed by atoms with Crippen molar-refractivity contribution in [1.29, 1.82) is 0 Å². The average Bonchev–Trinajstić information content (AvgIpc) is 2.36. The van der Waals surface area contributed by atoms with Gasteiger partial charge in [0, 0.05) is 17.8 Å². The Kier molecular flexibility index (Phi) is 5.17. The van der Waals surface area contributed by atoms with Gasteiger partial charge >= 0.3 is 12.2 Å². The number of primary amides is 1. The van der Waals surface area contributed by atoms with E-state index in [9.17, 15) is 22.8 Å². The van der Waals surface area contributed by atoms with Crippen LogP contribution in [-0.4, -0.2) is 36.1 Å². The highest BCUT2D eigenvalue weighted by molar-refractivity contribution is 5.95. The predicted octanol–water partition coefficient (Wildman–Crippen LogP) is 2.51. The quantitative estimate of drug-likeness (QED) is 0.896. The summed E-state index contributed by atoms with van der Waals surface area (Å²) in [5.74, 6) is -0.622. The maximum Gasteiger partial charge on any atom is 0.406 e. The number of amides is 3. The van der Waals surface area contributed by atoms with Crippen LogP contribution in [0, 0.1) is 6.92 Å². The van der Waals surface area contributed by atoms with Crippen LogP contribution in [0.4, 0.5) is 23.7 Å². The second-order valence-electron chi connectivity index (χ2n) is 4.45. The Hall–Kier alpha value is -2.25. The van der Waals surface area contributed by atoms with Gasteiger partial charge in [-0.15, -0.1) is 0 Å². The lowest BCUT2D eigenvalue weighted by molar-refractivity contribution is -0.139. The van der Waals surface area contributed by atoms with Crippen molar-refractivity contribution in [2.75, 3.05) is 18.4 Å². The summed E-state index contributed by atoms with van der Waals surface area (Å²) in [6.07, 6.45) is -4.46. The van der Waals surface area contributed by atoms with Crippen LogP contribution in [0.5, 0.6) is 0 Å². The van der Waals surface area contributed by atoms with Crippen molar-refractivity contribution in [3.8, 4) is 0 Å². The van der Waals surface area contributed by atoms with Crippen LogP contribution < -0.4 is 11.1 Å². The highest BCUT2D eigenvalue weighted by Gasteiger charge is 2.32. The zero-order valence-corrected chi connectivity index (χ0v) is 11.6. The molecule has 8 heteroatoms. The topological polar surface area (TPSA) is 75.4 Å². The molecular weight excluding hydrogens is 287 g/mol. The second kappa shape index (κ2) is 6.47. The monoisotopic (exact) mass is 303 g/mol. The van der Waals surface area contributed by atoms with Crippen LogP contribution in [0.25, 0.3) is 0 Å². The number of anilines is 1. The normalized spacial score (nSPS) is 11.1. The van der Waals surface area contributed by atoms with Crippen molar-refractivity contribution in [3.05, 3.63) is 29.3 Å². The Labute approximate surface area is 119 Å². The summed E-state index contributed by atoms with van der Waals surface area (Å²) in [5, 5.41) is 2.38. The van der Waals surface area contributed by atoms with Gasteiger partial charge in [-0.05, 0) is 37.6 Å². The number of benzene rings is 1. The van der Waals surface area contributed by atoms with Crippen molar-refractivity contribution in [1.82, 2.24) is 4.90 Å². The van der Waals surface area contributed by atoms with Gasteiger partial charge in [-0.2, -0.15) is 13.2 Å². The molecular formula is C13H16F3N3O2. The Balaban J connectivity index is 2.84. The van der Waals surface area contributed by atoms with Gasteiger partial charge in [0.2, 0.25) is 5.91 Å². The van der Waals surface area contributed by atoms with E-state index >= 15 is 0 Å². The number of rotatable bonds is 4. The molecule has 0 heterocycles. The lowest BCUT2D eigenvalue weighted by Crippen LogP contribution is -2.41. The molecule has 0 saturated carbocycles. The lowest BCUT2D eigenvalue weighted by Gasteiger charge is -2.23. The standard InChI is InChI=1S/C13H16F3N3O2/c1-3-19(7-13(14,15)16)12(21)18-10-5-4-9(11(17)20)6-8(10)2/h4-6H,3,7H2,1-2H3,(H2,17,20)(H,18,21). The zero-order chi connectivity index (χ0) is 16.2. The molecule has 1 rings (SSSR count). The van der Waals surface area contributed by atoms with E-state index in [-0.39, 0.29) is 12.1 Å². The third-order valence-corrected chi connectivity index (χ3v) is 2.79. The predicted molar refractivity (Wildman–Crippen MR) is 72.0 cm³/mol. The number of hydrogen-bond donors (Lipinski definition) is 2. The summed E-state index contributed by atoms with van der Waals surface area (Å²) in [6.45, 7) is 1.66. The van der Waals surface area contributed by atoms with Crippen LogP contribution >= 0.6 is 0 Å². The summed E-state index contributed by atoms with van der Waals surface area (Å²) < 4.78 is 37.0. The minimum absolute atomic E-state index is 0.0796. The third-order valence-electron chi connectivity index (χ3n) is 2.79. The number of aryl methyl sites for hydroxylation is 1. The van der Waals surface area contributed by atoms with Gasteiger partial charge in [0.25, 0.3) is 0 Å². The van der Waals surface area contributed by atoms with Crippen molar-refractivity contribution in [3.63, 3.8) is 0 Å². The summed E-state index contributed by atoms with van der Waals surface area (Å²) in [4.78, 5) is 23.5. The van der Waals surface area contributed by atoms with Crippen molar-refractivity contribution in [2.45, 2.75) is 20.0 Å². The Morgan fingerprint density at radius 2 is 1.95 bits per heavy atom. The molecule has 0 saturated heterocycles. The molecule has 0 aliphatic rings. The van der Waals surface area contributed by atoms with Gasteiger partial charge in [-0.3, -0.25) is 4.79 Å². The highest BCUT2D eigenvalue weighted by Crippen LogP contribution is 2.19. The lowest BCUT2D eigenvalue weighted by atomic mass is 10.1. The van der Waals surface area contributed by atoms with Gasteiger partial charge in [0.15, 0.2) is 0 Å². The minimum Gasteiger partial charge on any atom is -0.366 e. The Morgan fingerprint density at radius 1 is 1.33 bits per heavy atom. The van der Waals surface area contributed by atoms with E-state index < -0.39 is 24.7 Å². The number of nitrogens with zero attached hydrogens (tertiary/aromatic N) is 1. The summed E-state index contributed by atoms with van der Waals surface area (Å²) in [6, 6.07) is 3.42. The number of alkyl halides is 3. The largest absolute Gasteiger partial charge is 0.406 e. The number of hydrogen-bond acceptors (Lipinski definition) is 2. The van der Waals surface area contributed by atoms with E-state index in [4.69, 9.17) is 5.73 Å². The molecule has 0 atom stereocenters. The van der Waals surface area contributed by atoms with E-state index in [1.54, 1.807) is 6.92 Å². The first-order valence-corrected chi connectivity index (χ1v) is 6.17. The number of carbonyl (C=O) groups is 2. The van der Waals surface area contributed by atoms with Gasteiger partial charge in [-0.1, -0.05) is 0 Å². The van der Waals surface area contributed by atoms with Crippen LogP contribution in [0.15, 0.2) is 18.2 Å². The molecule has 3 N–H and O–H groups in total. The number of halogens is 3. The molecule has 0 spiro atoms. The average molecular weight is 303 g/mol. The zero-order valence-electron chi connectivity index (χ0n) is 11.6. The molecule has 0 aliphatic carbocycles. The maximum absolute atomic E-state index is 12.3. The van der Waals surface area contributed by atoms with E-state index in [0.29, 0.717) is 16.2 Å². The third kappa shape index (κ3) is 4.97. The molecule has 116 valence electrons. The maximum atomic E-state index is 12.3. The highest BCUT2D eigenvalue weighted by atomic mass is 19.4. The molecule has 0 fully saturated rings. The van der Waals surface area contributed by atoms with E-state index in [2.05, 4.69) is 5.32 Å². The van der Waals surface area contributed by atoms with E-state index in [1.807, 2.05) is 0 Å². The molecule has 21 heavy (non-hydrogen) atoms. The van der Waals surface area contributed by atoms with Crippen LogP contribution in [-0.2, 0) is 0 Å². The minimum atomic E-state index is -4.46. The Morgan fingerprint density at radius 3 is 2.38 bits per heavy atom. The van der Waals surface area contributed by atoms with Crippen LogP contribution in [0.1, 0.15) is 22.8 Å². The first kappa shape index (κ1) is 16.8. The smallest absolute Gasteiger partial charge is 0.366 e. The fraction of sp³-hybridized carbons (Fsp3) is 0.385. The summed E-state index contributed by atoms with van der Waals surface area (Å²) in [5.41, 5.74) is 6.23. The number of nitrogens with one attached hydrogen (secondary N) is 1. The second-order valence-corrected chi connectivity index (χ2v) is 4.45. The SMILES string of the molecule is CCN(CC(F)(F)F)C(=O)Nc1ccc(C(N)=O)cc1C. The van der Waals surface area contributed by atoms with Gasteiger partial charge in [0.1, 0.15) is 6.54 Å². The number of nitrogens with two attached hydrogens (primary N) is 1. The van der Waals surface area contributed by atoms with Crippen molar-refractivity contribution >= 4 is 17.6 Å². The van der Waals surface area contributed by atoms with Crippen molar-refractivity contribution < 1.29 is 22.8 Å². The van der Waals surface area contributed by atoms with Gasteiger partial charge < -0.3 is 16.0 Å². The number of urea groups is 1. The molecule has 0 unspecified atom stereocenters. The number of carbonyl (C=O) groups excluding carboxylic acids is 2. The molecule has 0 radical (unpaired) electrons. The van der Waals surface area contributed by atoms with E-state index in [1.165, 1.54) is 25.1 Å². The van der Waals surface area contributed by atoms with E-state index in [0.717, 1.165) is 0 Å². The molecule has 1 aromatic carbocycles. The molecule has 0 aliphatic heterocycles. The fourth-order valence-corrected chi connectivity index (χ4v) is 1.70.